The molecule has 0 heterocycles. The first kappa shape index (κ1) is 7.99. The Balaban J connectivity index is 2.38. The van der Waals surface area contributed by atoms with E-state index >= 15 is 0 Å². The smallest absolute Gasteiger partial charge is 0.155 e. The van der Waals surface area contributed by atoms with E-state index < -0.39 is 0 Å². The molecule has 0 aromatic carbocycles. The van der Waals surface area contributed by atoms with Crippen LogP contribution in [0.1, 0.15) is 32.6 Å². The summed E-state index contributed by atoms with van der Waals surface area (Å²) in [5.41, 5.74) is 1.12. The van der Waals surface area contributed by atoms with Crippen molar-refractivity contribution in [1.29, 1.82) is 0 Å². The van der Waals surface area contributed by atoms with Gasteiger partial charge < -0.3 is 5.11 Å². The molecule has 1 N–H and O–H groups in total. The lowest BCUT2D eigenvalue weighted by Gasteiger charge is -2.29. The number of hydrogen-bond donors (Lipinski definition) is 1. The molecule has 0 spiro atoms. The van der Waals surface area contributed by atoms with Crippen molar-refractivity contribution in [2.24, 2.45) is 5.41 Å². The van der Waals surface area contributed by atoms with Gasteiger partial charge in [-0.25, -0.2) is 0 Å². The number of ketones is 1. The first-order chi connectivity index (χ1) is 5.62. The van der Waals surface area contributed by atoms with E-state index in [0.29, 0.717) is 6.42 Å². The van der Waals surface area contributed by atoms with Crippen molar-refractivity contribution >= 4 is 5.78 Å². The molecule has 1 fully saturated rings. The summed E-state index contributed by atoms with van der Waals surface area (Å²) in [5.74, 6) is 0.184. The molecule has 2 heteroatoms. The van der Waals surface area contributed by atoms with Gasteiger partial charge in [-0.15, -0.1) is 0 Å². The second-order valence-electron chi connectivity index (χ2n) is 4.18. The van der Waals surface area contributed by atoms with Gasteiger partial charge in [0.2, 0.25) is 0 Å². The molecule has 2 aliphatic rings. The molecule has 66 valence electrons. The second kappa shape index (κ2) is 2.43. The number of rotatable bonds is 0. The lowest BCUT2D eigenvalue weighted by Crippen LogP contribution is -2.24. The third kappa shape index (κ3) is 1.02. The fourth-order valence-electron chi connectivity index (χ4n) is 2.34. The summed E-state index contributed by atoms with van der Waals surface area (Å²) in [6.45, 7) is 2.15. The van der Waals surface area contributed by atoms with Gasteiger partial charge in [0.05, 0.1) is 6.10 Å². The summed E-state index contributed by atoms with van der Waals surface area (Å²) < 4.78 is 0. The molecule has 0 bridgehead atoms. The van der Waals surface area contributed by atoms with E-state index in [1.807, 2.05) is 0 Å². The summed E-state index contributed by atoms with van der Waals surface area (Å²) in [4.78, 5) is 11.1. The van der Waals surface area contributed by atoms with Crippen LogP contribution in [-0.2, 0) is 4.79 Å². The maximum Gasteiger partial charge on any atom is 0.155 e. The Morgan fingerprint density at radius 2 is 2.33 bits per heavy atom. The van der Waals surface area contributed by atoms with Crippen molar-refractivity contribution in [2.75, 3.05) is 0 Å². The molecule has 0 unspecified atom stereocenters. The zero-order valence-corrected chi connectivity index (χ0v) is 7.34. The first-order valence-electron chi connectivity index (χ1n) is 4.55. The molecule has 2 rings (SSSR count). The second-order valence-corrected chi connectivity index (χ2v) is 4.18. The normalized spacial score (nSPS) is 41.0. The Morgan fingerprint density at radius 1 is 1.58 bits per heavy atom. The molecule has 0 aromatic heterocycles. The van der Waals surface area contributed by atoms with Gasteiger partial charge in [0.15, 0.2) is 5.78 Å². The van der Waals surface area contributed by atoms with Crippen molar-refractivity contribution in [1.82, 2.24) is 0 Å². The first-order valence-corrected chi connectivity index (χ1v) is 4.55. The Labute approximate surface area is 72.3 Å². The van der Waals surface area contributed by atoms with Gasteiger partial charge >= 0.3 is 0 Å². The van der Waals surface area contributed by atoms with Gasteiger partial charge in [-0.05, 0) is 36.3 Å². The highest BCUT2D eigenvalue weighted by Gasteiger charge is 2.41. The Morgan fingerprint density at radius 3 is 3.08 bits per heavy atom. The third-order valence-electron chi connectivity index (χ3n) is 3.27. The number of fused-ring (bicyclic) bond motifs is 1. The van der Waals surface area contributed by atoms with Crippen molar-refractivity contribution in [3.05, 3.63) is 11.6 Å². The van der Waals surface area contributed by atoms with Gasteiger partial charge in [-0.2, -0.15) is 0 Å². The third-order valence-corrected chi connectivity index (χ3v) is 3.27. The van der Waals surface area contributed by atoms with Crippen molar-refractivity contribution in [3.63, 3.8) is 0 Å². The van der Waals surface area contributed by atoms with Crippen LogP contribution in [0.3, 0.4) is 0 Å². The number of hydrogen-bond acceptors (Lipinski definition) is 2. The Kier molecular flexibility index (Phi) is 1.62. The van der Waals surface area contributed by atoms with Crippen LogP contribution < -0.4 is 0 Å². The summed E-state index contributed by atoms with van der Waals surface area (Å²) in [5, 5.41) is 9.59. The zero-order valence-electron chi connectivity index (χ0n) is 7.34. The van der Waals surface area contributed by atoms with Gasteiger partial charge in [0.1, 0.15) is 0 Å². The van der Waals surface area contributed by atoms with E-state index in [1.165, 1.54) is 0 Å². The zero-order chi connectivity index (χ0) is 8.77. The van der Waals surface area contributed by atoms with E-state index in [4.69, 9.17) is 0 Å². The number of carbonyl (C=O) groups excluding carboxylic acids is 1. The SMILES string of the molecule is C[C@@]12CCC(=O)C=C1[C@H](O)CC2. The van der Waals surface area contributed by atoms with E-state index in [1.54, 1.807) is 6.08 Å². The van der Waals surface area contributed by atoms with Crippen LogP contribution in [-0.4, -0.2) is 17.0 Å². The standard InChI is InChI=1S/C10H14O2/c1-10-4-2-7(11)6-8(10)9(12)3-5-10/h6,9,12H,2-5H2,1H3/t9-,10+/m1/s1. The fraction of sp³-hybridized carbons (Fsp3) is 0.700. The Hall–Kier alpha value is -0.630. The highest BCUT2D eigenvalue weighted by molar-refractivity contribution is 5.91. The highest BCUT2D eigenvalue weighted by atomic mass is 16.3. The average Bonchev–Trinajstić information content (AvgIpc) is 2.31. The fourth-order valence-corrected chi connectivity index (χ4v) is 2.34. The van der Waals surface area contributed by atoms with Gasteiger partial charge in [-0.3, -0.25) is 4.79 Å². The van der Waals surface area contributed by atoms with Gasteiger partial charge in [0, 0.05) is 6.42 Å². The number of carbonyl (C=O) groups is 1. The maximum absolute atomic E-state index is 11.1. The summed E-state index contributed by atoms with van der Waals surface area (Å²) >= 11 is 0. The van der Waals surface area contributed by atoms with Crippen LogP contribution >= 0.6 is 0 Å². The van der Waals surface area contributed by atoms with Crippen LogP contribution in [0.25, 0.3) is 0 Å². The molecule has 0 amide bonds. The largest absolute Gasteiger partial charge is 0.389 e. The monoisotopic (exact) mass is 166 g/mol. The summed E-state index contributed by atoms with van der Waals surface area (Å²) in [6.07, 6.45) is 4.77. The minimum atomic E-state index is -0.348. The Bertz CT molecular complexity index is 255. The molecular weight excluding hydrogens is 152 g/mol. The van der Waals surface area contributed by atoms with Gasteiger partial charge in [-0.1, -0.05) is 6.92 Å². The summed E-state index contributed by atoms with van der Waals surface area (Å²) in [7, 11) is 0. The van der Waals surface area contributed by atoms with Crippen LogP contribution in [0.4, 0.5) is 0 Å². The molecule has 0 radical (unpaired) electrons. The number of aliphatic hydroxyl groups excluding tert-OH is 1. The van der Waals surface area contributed by atoms with Crippen molar-refractivity contribution < 1.29 is 9.90 Å². The van der Waals surface area contributed by atoms with Crippen LogP contribution in [0.2, 0.25) is 0 Å². The van der Waals surface area contributed by atoms with E-state index in [-0.39, 0.29) is 17.3 Å². The van der Waals surface area contributed by atoms with E-state index in [0.717, 1.165) is 24.8 Å². The van der Waals surface area contributed by atoms with Crippen LogP contribution in [0.15, 0.2) is 11.6 Å². The quantitative estimate of drug-likeness (QED) is 0.591. The molecule has 0 aromatic rings. The van der Waals surface area contributed by atoms with Crippen molar-refractivity contribution in [3.8, 4) is 0 Å². The lowest BCUT2D eigenvalue weighted by molar-refractivity contribution is -0.115. The lowest BCUT2D eigenvalue weighted by atomic mass is 9.75. The highest BCUT2D eigenvalue weighted by Crippen LogP contribution is 2.48. The van der Waals surface area contributed by atoms with E-state index in [9.17, 15) is 9.90 Å². The summed E-state index contributed by atoms with van der Waals surface area (Å²) in [6, 6.07) is 0. The number of allylic oxidation sites excluding steroid dienone is 1. The van der Waals surface area contributed by atoms with Gasteiger partial charge in [0.25, 0.3) is 0 Å². The number of aliphatic hydroxyl groups is 1. The predicted octanol–water partition coefficient (Wildman–Crippen LogP) is 1.44. The average molecular weight is 166 g/mol. The molecule has 2 aliphatic carbocycles. The van der Waals surface area contributed by atoms with E-state index in [2.05, 4.69) is 6.92 Å². The molecule has 0 aliphatic heterocycles. The minimum Gasteiger partial charge on any atom is -0.389 e. The predicted molar refractivity (Wildman–Crippen MR) is 45.7 cm³/mol. The van der Waals surface area contributed by atoms with Crippen molar-refractivity contribution in [2.45, 2.75) is 38.7 Å². The molecule has 2 atom stereocenters. The molecule has 0 saturated heterocycles. The topological polar surface area (TPSA) is 37.3 Å². The molecule has 2 nitrogen and oxygen atoms in total. The molecule has 1 saturated carbocycles. The molecule has 12 heavy (non-hydrogen) atoms. The molecular formula is C10H14O2. The minimum absolute atomic E-state index is 0.132. The maximum atomic E-state index is 11.1. The van der Waals surface area contributed by atoms with Crippen LogP contribution in [0.5, 0.6) is 0 Å². The van der Waals surface area contributed by atoms with Crippen LogP contribution in [0, 0.1) is 5.41 Å².